The van der Waals surface area contributed by atoms with Crippen LogP contribution in [0, 0.1) is 0 Å². The van der Waals surface area contributed by atoms with Gasteiger partial charge in [0.05, 0.1) is 17.1 Å². The summed E-state index contributed by atoms with van der Waals surface area (Å²) in [7, 11) is 0. The van der Waals surface area contributed by atoms with Crippen LogP contribution in [0.25, 0.3) is 95.0 Å². The van der Waals surface area contributed by atoms with Crippen LogP contribution in [-0.2, 0) is 0 Å². The standard InChI is InChI=1S/C48H31N5/c1-3-12-32(13-4-1)34-21-25-36(26-22-34)42-31-43(37-27-23-35(24-28-37)33-14-5-2-6-15-33)50-47(49-42)39-17-11-16-38(30-39)45-40-18-7-8-19-41(40)46-48(52-45)53-29-10-9-20-44(53)51-46/h1-31H. The summed E-state index contributed by atoms with van der Waals surface area (Å²) in [6.07, 6.45) is 2.02. The quantitative estimate of drug-likeness (QED) is 0.176. The molecular formula is C48H31N5. The number of imidazole rings is 1. The molecule has 0 saturated carbocycles. The van der Waals surface area contributed by atoms with Crippen molar-refractivity contribution >= 4 is 27.6 Å². The van der Waals surface area contributed by atoms with Gasteiger partial charge < -0.3 is 0 Å². The van der Waals surface area contributed by atoms with Gasteiger partial charge in [0.25, 0.3) is 0 Å². The van der Waals surface area contributed by atoms with E-state index in [1.165, 1.54) is 11.1 Å². The van der Waals surface area contributed by atoms with E-state index in [0.717, 1.165) is 78.0 Å². The van der Waals surface area contributed by atoms with Crippen LogP contribution in [0.2, 0.25) is 0 Å². The minimum Gasteiger partial charge on any atom is -0.284 e. The van der Waals surface area contributed by atoms with Crippen LogP contribution in [0.15, 0.2) is 188 Å². The van der Waals surface area contributed by atoms with Crippen LogP contribution in [-0.4, -0.2) is 24.3 Å². The van der Waals surface area contributed by atoms with Crippen molar-refractivity contribution in [2.24, 2.45) is 0 Å². The van der Waals surface area contributed by atoms with E-state index in [-0.39, 0.29) is 0 Å². The zero-order valence-corrected chi connectivity index (χ0v) is 28.6. The fourth-order valence-electron chi connectivity index (χ4n) is 7.16. The van der Waals surface area contributed by atoms with Crippen LogP contribution < -0.4 is 0 Å². The Morgan fingerprint density at radius 3 is 1.49 bits per heavy atom. The lowest BCUT2D eigenvalue weighted by Crippen LogP contribution is -1.97. The highest BCUT2D eigenvalue weighted by atomic mass is 15.1. The first-order valence-electron chi connectivity index (χ1n) is 17.7. The molecule has 6 aromatic carbocycles. The van der Waals surface area contributed by atoms with Gasteiger partial charge in [-0.1, -0.05) is 158 Å². The molecule has 10 rings (SSSR count). The predicted molar refractivity (Wildman–Crippen MR) is 216 cm³/mol. The van der Waals surface area contributed by atoms with Crippen molar-refractivity contribution < 1.29 is 0 Å². The Hall–Kier alpha value is -7.24. The third-order valence-electron chi connectivity index (χ3n) is 9.86. The van der Waals surface area contributed by atoms with Crippen molar-refractivity contribution in [2.45, 2.75) is 0 Å². The van der Waals surface area contributed by atoms with Gasteiger partial charge in [0.1, 0.15) is 11.2 Å². The molecule has 248 valence electrons. The Bertz CT molecular complexity index is 2810. The second kappa shape index (κ2) is 12.8. The van der Waals surface area contributed by atoms with E-state index in [1.807, 2.05) is 36.5 Å². The Morgan fingerprint density at radius 1 is 0.340 bits per heavy atom. The maximum Gasteiger partial charge on any atom is 0.165 e. The van der Waals surface area contributed by atoms with Gasteiger partial charge in [-0.2, -0.15) is 0 Å². The maximum atomic E-state index is 5.25. The van der Waals surface area contributed by atoms with Crippen molar-refractivity contribution in [2.75, 3.05) is 0 Å². The van der Waals surface area contributed by atoms with E-state index in [4.69, 9.17) is 19.9 Å². The highest BCUT2D eigenvalue weighted by Crippen LogP contribution is 2.35. The average Bonchev–Trinajstić information content (AvgIpc) is 3.63. The van der Waals surface area contributed by atoms with Crippen molar-refractivity contribution in [1.82, 2.24) is 24.3 Å². The molecule has 0 aliphatic carbocycles. The molecule has 0 aliphatic heterocycles. The molecule has 0 spiro atoms. The van der Waals surface area contributed by atoms with Crippen LogP contribution >= 0.6 is 0 Å². The summed E-state index contributed by atoms with van der Waals surface area (Å²) in [5.74, 6) is 0.652. The number of pyridine rings is 2. The lowest BCUT2D eigenvalue weighted by molar-refractivity contribution is 1.18. The summed E-state index contributed by atoms with van der Waals surface area (Å²) >= 11 is 0. The fourth-order valence-corrected chi connectivity index (χ4v) is 7.16. The molecule has 53 heavy (non-hydrogen) atoms. The van der Waals surface area contributed by atoms with E-state index < -0.39 is 0 Å². The number of benzene rings is 6. The molecule has 0 amide bonds. The van der Waals surface area contributed by atoms with E-state index in [9.17, 15) is 0 Å². The van der Waals surface area contributed by atoms with Crippen molar-refractivity contribution in [3.8, 4) is 67.4 Å². The smallest absolute Gasteiger partial charge is 0.165 e. The van der Waals surface area contributed by atoms with Crippen LogP contribution in [0.4, 0.5) is 0 Å². The molecule has 0 atom stereocenters. The molecule has 0 unspecified atom stereocenters. The second-order valence-corrected chi connectivity index (χ2v) is 13.1. The fraction of sp³-hybridized carbons (Fsp3) is 0. The largest absolute Gasteiger partial charge is 0.284 e. The van der Waals surface area contributed by atoms with Gasteiger partial charge in [-0.25, -0.2) is 19.9 Å². The van der Waals surface area contributed by atoms with Crippen molar-refractivity contribution in [3.63, 3.8) is 0 Å². The first-order chi connectivity index (χ1) is 26.2. The zero-order valence-electron chi connectivity index (χ0n) is 28.6. The molecule has 0 N–H and O–H groups in total. The molecule has 5 heteroatoms. The van der Waals surface area contributed by atoms with E-state index in [1.54, 1.807) is 0 Å². The van der Waals surface area contributed by atoms with Gasteiger partial charge in [-0.15, -0.1) is 0 Å². The predicted octanol–water partition coefficient (Wildman–Crippen LogP) is 11.8. The lowest BCUT2D eigenvalue weighted by atomic mass is 9.99. The van der Waals surface area contributed by atoms with Gasteiger partial charge in [0, 0.05) is 39.2 Å². The summed E-state index contributed by atoms with van der Waals surface area (Å²) in [5, 5.41) is 2.12. The zero-order chi connectivity index (χ0) is 35.1. The minimum atomic E-state index is 0.652. The Labute approximate surface area is 306 Å². The topological polar surface area (TPSA) is 56.0 Å². The summed E-state index contributed by atoms with van der Waals surface area (Å²) in [6, 6.07) is 63.0. The van der Waals surface area contributed by atoms with Crippen LogP contribution in [0.1, 0.15) is 0 Å². The molecule has 0 radical (unpaired) electrons. The molecule has 5 nitrogen and oxygen atoms in total. The normalized spacial score (nSPS) is 11.4. The number of aromatic nitrogens is 5. The Kier molecular flexibility index (Phi) is 7.40. The monoisotopic (exact) mass is 677 g/mol. The molecular weight excluding hydrogens is 647 g/mol. The molecule has 0 bridgehead atoms. The second-order valence-electron chi connectivity index (χ2n) is 13.1. The number of hydrogen-bond acceptors (Lipinski definition) is 4. The highest BCUT2D eigenvalue weighted by molar-refractivity contribution is 6.09. The molecule has 10 aromatic rings. The first-order valence-corrected chi connectivity index (χ1v) is 17.7. The molecule has 0 fully saturated rings. The summed E-state index contributed by atoms with van der Waals surface area (Å²) in [6.45, 7) is 0. The average molecular weight is 678 g/mol. The summed E-state index contributed by atoms with van der Waals surface area (Å²) in [5.41, 5.74) is 13.8. The maximum absolute atomic E-state index is 5.25. The molecule has 4 aromatic heterocycles. The highest BCUT2D eigenvalue weighted by Gasteiger charge is 2.17. The van der Waals surface area contributed by atoms with Gasteiger partial charge in [0.15, 0.2) is 11.5 Å². The number of fused-ring (bicyclic) bond motifs is 5. The van der Waals surface area contributed by atoms with Crippen molar-refractivity contribution in [3.05, 3.63) is 188 Å². The molecule has 4 heterocycles. The lowest BCUT2D eigenvalue weighted by Gasteiger charge is -2.12. The van der Waals surface area contributed by atoms with Crippen molar-refractivity contribution in [1.29, 1.82) is 0 Å². The summed E-state index contributed by atoms with van der Waals surface area (Å²) in [4.78, 5) is 20.6. The Morgan fingerprint density at radius 2 is 0.849 bits per heavy atom. The van der Waals surface area contributed by atoms with Gasteiger partial charge in [-0.3, -0.25) is 4.40 Å². The van der Waals surface area contributed by atoms with E-state index >= 15 is 0 Å². The molecule has 0 aliphatic rings. The van der Waals surface area contributed by atoms with E-state index in [2.05, 4.69) is 156 Å². The third kappa shape index (κ3) is 5.61. The minimum absolute atomic E-state index is 0.652. The number of rotatable bonds is 6. The first kappa shape index (κ1) is 30.6. The van der Waals surface area contributed by atoms with Gasteiger partial charge in [-0.05, 0) is 46.5 Å². The third-order valence-corrected chi connectivity index (χ3v) is 9.86. The van der Waals surface area contributed by atoms with Crippen LogP contribution in [0.3, 0.4) is 0 Å². The van der Waals surface area contributed by atoms with E-state index in [0.29, 0.717) is 5.82 Å². The SMILES string of the molecule is c1ccc(-c2ccc(-c3cc(-c4ccc(-c5ccccc5)cc4)nc(-c4cccc(-c5nc6c(nc7ccccn76)c6ccccc56)c4)n3)cc2)cc1. The number of hydrogen-bond donors (Lipinski definition) is 0. The Balaban J connectivity index is 1.11. The van der Waals surface area contributed by atoms with Crippen LogP contribution in [0.5, 0.6) is 0 Å². The molecule has 0 saturated heterocycles. The number of nitrogens with zero attached hydrogens (tertiary/aromatic N) is 5. The van der Waals surface area contributed by atoms with Gasteiger partial charge >= 0.3 is 0 Å². The summed E-state index contributed by atoms with van der Waals surface area (Å²) < 4.78 is 2.06. The van der Waals surface area contributed by atoms with Gasteiger partial charge in [0.2, 0.25) is 0 Å².